The molecule has 0 amide bonds. The van der Waals surface area contributed by atoms with E-state index < -0.39 is 0 Å². The summed E-state index contributed by atoms with van der Waals surface area (Å²) in [7, 11) is 0. The van der Waals surface area contributed by atoms with Gasteiger partial charge >= 0.3 is 0 Å². The van der Waals surface area contributed by atoms with Crippen molar-refractivity contribution < 1.29 is 25.8 Å². The first-order valence-corrected chi connectivity index (χ1v) is 17.4. The molecule has 0 unspecified atom stereocenters. The van der Waals surface area contributed by atoms with Crippen molar-refractivity contribution in [2.75, 3.05) is 9.80 Å². The normalized spacial score (nSPS) is 13.2. The minimum Gasteiger partial charge on any atom is -0.509 e. The molecule has 0 spiro atoms. The molecule has 0 atom stereocenters. The quantitative estimate of drug-likeness (QED) is 0.156. The van der Waals surface area contributed by atoms with E-state index in [-0.39, 0.29) is 31.9 Å². The third-order valence-electron chi connectivity index (χ3n) is 9.48. The second-order valence-corrected chi connectivity index (χ2v) is 15.2. The van der Waals surface area contributed by atoms with Gasteiger partial charge in [0.05, 0.1) is 0 Å². The van der Waals surface area contributed by atoms with Crippen LogP contribution in [0.25, 0.3) is 38.8 Å². The topological polar surface area (TPSA) is 33.5 Å². The molecule has 52 heavy (non-hydrogen) atoms. The van der Waals surface area contributed by atoms with Gasteiger partial charge in [-0.25, -0.2) is 4.98 Å². The summed E-state index contributed by atoms with van der Waals surface area (Å²) in [6, 6.07) is 47.3. The second-order valence-electron chi connectivity index (χ2n) is 15.2. The van der Waals surface area contributed by atoms with Crippen LogP contribution in [0.4, 0.5) is 11.4 Å². The Balaban J connectivity index is 0.00000420. The molecule has 1 aliphatic rings. The zero-order valence-corrected chi connectivity index (χ0v) is 32.6. The third-order valence-corrected chi connectivity index (χ3v) is 9.48. The van der Waals surface area contributed by atoms with Gasteiger partial charge in [-0.3, -0.25) is 0 Å². The maximum Gasteiger partial charge on any atom is 0.135 e. The van der Waals surface area contributed by atoms with Gasteiger partial charge in [0.15, 0.2) is 0 Å². The summed E-state index contributed by atoms with van der Waals surface area (Å²) in [6.07, 6.45) is 6.03. The van der Waals surface area contributed by atoms with Gasteiger partial charge in [-0.05, 0) is 75.6 Å². The number of rotatable bonds is 6. The number of para-hydroxylation sites is 1. The predicted molar refractivity (Wildman–Crippen MR) is 210 cm³/mol. The van der Waals surface area contributed by atoms with Gasteiger partial charge in [0.25, 0.3) is 0 Å². The predicted octanol–water partition coefficient (Wildman–Crippen LogP) is 11.7. The molecule has 7 aromatic rings. The number of fused-ring (bicyclic) bond motifs is 3. The van der Waals surface area contributed by atoms with Crippen molar-refractivity contribution in [1.82, 2.24) is 9.55 Å². The van der Waals surface area contributed by atoms with Crippen molar-refractivity contribution in [2.45, 2.75) is 52.4 Å². The zero-order chi connectivity index (χ0) is 35.3. The smallest absolute Gasteiger partial charge is 0.135 e. The largest absolute Gasteiger partial charge is 0.509 e. The van der Waals surface area contributed by atoms with Gasteiger partial charge in [0.1, 0.15) is 5.82 Å². The van der Waals surface area contributed by atoms with E-state index in [9.17, 15) is 0 Å². The summed E-state index contributed by atoms with van der Waals surface area (Å²) < 4.78 is 8.85. The maximum absolute atomic E-state index is 6.66. The number of benzene rings is 5. The Kier molecular flexibility index (Phi) is 9.35. The number of aromatic nitrogens is 2. The van der Waals surface area contributed by atoms with Crippen molar-refractivity contribution in [3.63, 3.8) is 0 Å². The molecule has 5 nitrogen and oxygen atoms in total. The Morgan fingerprint density at radius 2 is 1.35 bits per heavy atom. The Hall–Kier alpha value is -5.12. The number of nitrogens with zero attached hydrogens (tertiary/aromatic N) is 4. The fourth-order valence-electron chi connectivity index (χ4n) is 6.60. The molecule has 6 heteroatoms. The molecule has 0 saturated carbocycles. The molecule has 0 aliphatic carbocycles. The van der Waals surface area contributed by atoms with E-state index in [1.165, 1.54) is 11.1 Å². The van der Waals surface area contributed by atoms with Crippen LogP contribution in [0.15, 0.2) is 134 Å². The fourth-order valence-corrected chi connectivity index (χ4v) is 6.60. The monoisotopic (exact) mass is 860 g/mol. The molecule has 5 aromatic carbocycles. The average Bonchev–Trinajstić information content (AvgIpc) is 3.75. The van der Waals surface area contributed by atoms with Crippen molar-refractivity contribution in [2.24, 2.45) is 0 Å². The van der Waals surface area contributed by atoms with Crippen LogP contribution in [-0.4, -0.2) is 9.55 Å². The molecule has 0 fully saturated rings. The van der Waals surface area contributed by atoms with Gasteiger partial charge < -0.3 is 19.1 Å². The van der Waals surface area contributed by atoms with Crippen LogP contribution in [-0.2, 0) is 31.9 Å². The molecule has 0 bridgehead atoms. The van der Waals surface area contributed by atoms with Crippen molar-refractivity contribution in [3.05, 3.63) is 164 Å². The molecular weight excluding hydrogens is 820 g/mol. The fraction of sp³-hybridized carbons (Fsp3) is 0.174. The van der Waals surface area contributed by atoms with E-state index in [0.29, 0.717) is 11.5 Å². The molecule has 1 aliphatic heterocycles. The second kappa shape index (κ2) is 13.8. The van der Waals surface area contributed by atoms with Gasteiger partial charge in [0.2, 0.25) is 0 Å². The van der Waals surface area contributed by atoms with Crippen molar-refractivity contribution in [1.29, 1.82) is 0 Å². The van der Waals surface area contributed by atoms with Crippen LogP contribution in [0.1, 0.15) is 52.7 Å². The average molecular weight is 861 g/mol. The van der Waals surface area contributed by atoms with Crippen molar-refractivity contribution >= 4 is 33.2 Å². The minimum absolute atomic E-state index is 0. The molecule has 3 heterocycles. The molecule has 0 saturated heterocycles. The Bertz CT molecular complexity index is 2420. The number of hydrogen-bond acceptors (Lipinski definition) is 4. The van der Waals surface area contributed by atoms with E-state index >= 15 is 0 Å². The summed E-state index contributed by atoms with van der Waals surface area (Å²) in [5.41, 5.74) is 8.66. The molecule has 8 rings (SSSR count). The molecule has 0 N–H and O–H groups in total. The zero-order valence-electron chi connectivity index (χ0n) is 30.3. The van der Waals surface area contributed by atoms with Gasteiger partial charge in [-0.2, -0.15) is 6.07 Å². The maximum atomic E-state index is 6.66. The first-order chi connectivity index (χ1) is 24.5. The first kappa shape index (κ1) is 35.3. The first-order valence-electron chi connectivity index (χ1n) is 17.4. The SMILES string of the molecule is CC(C)(C)c1cccc(N2C=CN(c3[c-]c(Oc4[c-]c5c(cc4)c4ccccc4n5-c4cc(C(C)(C)C)ccn4)cc(-c4ccccc4)c3)[CH-]2)c1.[Pt]. The summed E-state index contributed by atoms with van der Waals surface area (Å²) in [6.45, 7) is 15.5. The number of ether oxygens (including phenoxy) is 1. The van der Waals surface area contributed by atoms with Crippen LogP contribution in [0, 0.1) is 18.8 Å². The minimum atomic E-state index is -0.0127. The Labute approximate surface area is 321 Å². The van der Waals surface area contributed by atoms with E-state index in [1.54, 1.807) is 0 Å². The van der Waals surface area contributed by atoms with Crippen molar-refractivity contribution in [3.8, 4) is 28.4 Å². The summed E-state index contributed by atoms with van der Waals surface area (Å²) >= 11 is 0. The van der Waals surface area contributed by atoms with E-state index in [1.807, 2.05) is 24.4 Å². The number of anilines is 2. The molecular formula is C46H41N4OPt-3. The van der Waals surface area contributed by atoms with Gasteiger partial charge in [-0.1, -0.05) is 108 Å². The number of hydrogen-bond donors (Lipinski definition) is 0. The Morgan fingerprint density at radius 3 is 2.13 bits per heavy atom. The standard InChI is InChI=1S/C46H41N4O.Pt/c1-45(2,3)34-15-12-16-36(27-34)48-23-24-49(31-48)37-25-33(32-13-8-7-9-14-32)26-39(29-37)51-38-19-20-41-40-17-10-11-18-42(40)50(43(41)30-38)44-28-35(21-22-47-44)46(4,5)6;/h7-28,31H,1-6H3;/q-3;. The number of pyridine rings is 1. The summed E-state index contributed by atoms with van der Waals surface area (Å²) in [5, 5.41) is 2.24. The van der Waals surface area contributed by atoms with Gasteiger partial charge in [0, 0.05) is 50.0 Å². The molecule has 264 valence electrons. The van der Waals surface area contributed by atoms with Crippen LogP contribution < -0.4 is 14.5 Å². The summed E-state index contributed by atoms with van der Waals surface area (Å²) in [4.78, 5) is 9.06. The third kappa shape index (κ3) is 6.90. The van der Waals surface area contributed by atoms with Crippen LogP contribution in [0.5, 0.6) is 11.5 Å². The van der Waals surface area contributed by atoms with E-state index in [2.05, 4.69) is 184 Å². The van der Waals surface area contributed by atoms with E-state index in [4.69, 9.17) is 9.72 Å². The van der Waals surface area contributed by atoms with E-state index in [0.717, 1.165) is 50.1 Å². The summed E-state index contributed by atoms with van der Waals surface area (Å²) in [5.74, 6) is 2.07. The van der Waals surface area contributed by atoms with Crippen LogP contribution in [0.3, 0.4) is 0 Å². The van der Waals surface area contributed by atoms with Crippen LogP contribution >= 0.6 is 0 Å². The van der Waals surface area contributed by atoms with Crippen LogP contribution in [0.2, 0.25) is 0 Å². The van der Waals surface area contributed by atoms with Gasteiger partial charge in [-0.15, -0.1) is 53.6 Å². The molecule has 0 radical (unpaired) electrons. The Morgan fingerprint density at radius 1 is 0.615 bits per heavy atom. The molecule has 2 aromatic heterocycles.